The lowest BCUT2D eigenvalue weighted by Gasteiger charge is -2.11. The number of aliphatic hydroxyl groups is 1. The Morgan fingerprint density at radius 3 is 2.74 bits per heavy atom. The predicted octanol–water partition coefficient (Wildman–Crippen LogP) is 1.42. The maximum atomic E-state index is 12.3. The standard InChI is InChI=1S/C12H19NO4S2/c1-8-11(6-14)12(9(2)17-8)19(15,16)13-5-10-3-4-18-7-10/h10,13-14H,3-7H2,1-2H3. The molecule has 1 aromatic heterocycles. The van der Waals surface area contributed by atoms with Gasteiger partial charge >= 0.3 is 0 Å². The van der Waals surface area contributed by atoms with Crippen LogP contribution >= 0.6 is 11.8 Å². The molecule has 1 unspecified atom stereocenters. The van der Waals surface area contributed by atoms with Gasteiger partial charge in [-0.05, 0) is 37.7 Å². The van der Waals surface area contributed by atoms with E-state index in [9.17, 15) is 13.5 Å². The SMILES string of the molecule is Cc1oc(C)c(S(=O)(=O)NCC2CCSC2)c1CO. The summed E-state index contributed by atoms with van der Waals surface area (Å²) >= 11 is 1.85. The van der Waals surface area contributed by atoms with Gasteiger partial charge in [0.05, 0.1) is 6.61 Å². The van der Waals surface area contributed by atoms with Crippen LogP contribution in [0.5, 0.6) is 0 Å². The van der Waals surface area contributed by atoms with Crippen molar-refractivity contribution in [2.24, 2.45) is 5.92 Å². The largest absolute Gasteiger partial charge is 0.465 e. The lowest BCUT2D eigenvalue weighted by atomic mass is 10.1. The molecule has 7 heteroatoms. The summed E-state index contributed by atoms with van der Waals surface area (Å²) in [4.78, 5) is 0.0955. The molecule has 5 nitrogen and oxygen atoms in total. The van der Waals surface area contributed by atoms with Crippen LogP contribution in [-0.4, -0.2) is 31.6 Å². The second-order valence-electron chi connectivity index (χ2n) is 4.76. The molecule has 0 bridgehead atoms. The first kappa shape index (κ1) is 14.9. The Morgan fingerprint density at radius 1 is 1.42 bits per heavy atom. The van der Waals surface area contributed by atoms with Crippen molar-refractivity contribution in [1.29, 1.82) is 0 Å². The molecule has 1 saturated heterocycles. The molecule has 108 valence electrons. The van der Waals surface area contributed by atoms with Crippen LogP contribution in [0.3, 0.4) is 0 Å². The van der Waals surface area contributed by atoms with Gasteiger partial charge in [0, 0.05) is 12.1 Å². The lowest BCUT2D eigenvalue weighted by molar-refractivity contribution is 0.276. The number of sulfonamides is 1. The van der Waals surface area contributed by atoms with Gasteiger partial charge in [0.15, 0.2) is 0 Å². The summed E-state index contributed by atoms with van der Waals surface area (Å²) in [6, 6.07) is 0. The van der Waals surface area contributed by atoms with E-state index >= 15 is 0 Å². The molecule has 0 spiro atoms. The molecule has 0 saturated carbocycles. The summed E-state index contributed by atoms with van der Waals surface area (Å²) in [6.07, 6.45) is 1.05. The molecule has 0 radical (unpaired) electrons. The Hall–Kier alpha value is -0.500. The van der Waals surface area contributed by atoms with Gasteiger partial charge in [0.1, 0.15) is 16.4 Å². The third-order valence-electron chi connectivity index (χ3n) is 3.34. The zero-order valence-corrected chi connectivity index (χ0v) is 12.7. The van der Waals surface area contributed by atoms with Gasteiger partial charge in [-0.2, -0.15) is 11.8 Å². The van der Waals surface area contributed by atoms with Crippen LogP contribution < -0.4 is 4.72 Å². The highest BCUT2D eigenvalue weighted by Gasteiger charge is 2.27. The molecular weight excluding hydrogens is 286 g/mol. The van der Waals surface area contributed by atoms with E-state index in [4.69, 9.17) is 4.42 Å². The van der Waals surface area contributed by atoms with Crippen LogP contribution in [0.15, 0.2) is 9.31 Å². The lowest BCUT2D eigenvalue weighted by Crippen LogP contribution is -2.30. The number of hydrogen-bond donors (Lipinski definition) is 2. The van der Waals surface area contributed by atoms with Crippen molar-refractivity contribution in [1.82, 2.24) is 4.72 Å². The summed E-state index contributed by atoms with van der Waals surface area (Å²) in [5, 5.41) is 9.30. The highest BCUT2D eigenvalue weighted by molar-refractivity contribution is 7.99. The molecule has 2 heterocycles. The van der Waals surface area contributed by atoms with E-state index in [-0.39, 0.29) is 11.5 Å². The third kappa shape index (κ3) is 3.16. The normalized spacial score (nSPS) is 20.1. The Balaban J connectivity index is 2.19. The molecule has 0 amide bonds. The van der Waals surface area contributed by atoms with Crippen LogP contribution in [0.2, 0.25) is 0 Å². The van der Waals surface area contributed by atoms with Crippen LogP contribution in [0.25, 0.3) is 0 Å². The fraction of sp³-hybridized carbons (Fsp3) is 0.667. The quantitative estimate of drug-likeness (QED) is 0.860. The van der Waals surface area contributed by atoms with E-state index in [2.05, 4.69) is 4.72 Å². The first-order valence-corrected chi connectivity index (χ1v) is 8.86. The Kier molecular flexibility index (Phi) is 4.60. The molecular formula is C12H19NO4S2. The average molecular weight is 305 g/mol. The first-order chi connectivity index (χ1) is 8.95. The van der Waals surface area contributed by atoms with Gasteiger partial charge in [0.25, 0.3) is 0 Å². The first-order valence-electron chi connectivity index (χ1n) is 6.23. The van der Waals surface area contributed by atoms with Gasteiger partial charge in [-0.1, -0.05) is 0 Å². The Morgan fingerprint density at radius 2 is 2.16 bits per heavy atom. The van der Waals surface area contributed by atoms with Crippen molar-refractivity contribution in [3.63, 3.8) is 0 Å². The van der Waals surface area contributed by atoms with Gasteiger partial charge in [-0.25, -0.2) is 13.1 Å². The van der Waals surface area contributed by atoms with Crippen molar-refractivity contribution < 1.29 is 17.9 Å². The second-order valence-corrected chi connectivity index (χ2v) is 7.62. The predicted molar refractivity (Wildman–Crippen MR) is 74.7 cm³/mol. The van der Waals surface area contributed by atoms with Crippen LogP contribution in [-0.2, 0) is 16.6 Å². The minimum absolute atomic E-state index is 0.0955. The number of furan rings is 1. The fourth-order valence-corrected chi connectivity index (χ4v) is 5.13. The zero-order chi connectivity index (χ0) is 14.0. The number of rotatable bonds is 5. The molecule has 0 aromatic carbocycles. The van der Waals surface area contributed by atoms with Crippen molar-refractivity contribution in [3.8, 4) is 0 Å². The minimum Gasteiger partial charge on any atom is -0.465 e. The summed E-state index contributed by atoms with van der Waals surface area (Å²) in [5.41, 5.74) is 0.353. The van der Waals surface area contributed by atoms with Crippen LogP contribution in [0.4, 0.5) is 0 Å². The van der Waals surface area contributed by atoms with Gasteiger partial charge in [-0.3, -0.25) is 0 Å². The highest BCUT2D eigenvalue weighted by Crippen LogP contribution is 2.27. The number of aryl methyl sites for hydroxylation is 2. The smallest absolute Gasteiger partial charge is 0.244 e. The molecule has 1 aromatic rings. The second kappa shape index (κ2) is 5.87. The van der Waals surface area contributed by atoms with Crippen LogP contribution in [0, 0.1) is 19.8 Å². The fourth-order valence-electron chi connectivity index (χ4n) is 2.29. The Bertz CT molecular complexity index is 544. The number of thioether (sulfide) groups is 1. The maximum Gasteiger partial charge on any atom is 0.244 e. The number of hydrogen-bond acceptors (Lipinski definition) is 5. The van der Waals surface area contributed by atoms with E-state index in [0.717, 1.165) is 17.9 Å². The number of aliphatic hydroxyl groups excluding tert-OH is 1. The van der Waals surface area contributed by atoms with Crippen LogP contribution in [0.1, 0.15) is 23.5 Å². The summed E-state index contributed by atoms with van der Waals surface area (Å²) in [5.74, 6) is 3.27. The summed E-state index contributed by atoms with van der Waals surface area (Å²) < 4.78 is 32.6. The monoisotopic (exact) mass is 305 g/mol. The molecule has 2 rings (SSSR count). The molecule has 1 aliphatic rings. The van der Waals surface area contributed by atoms with Crippen molar-refractivity contribution in [2.45, 2.75) is 31.8 Å². The van der Waals surface area contributed by atoms with Gasteiger partial charge < -0.3 is 9.52 Å². The Labute approximate surface area is 117 Å². The number of nitrogens with one attached hydrogen (secondary N) is 1. The van der Waals surface area contributed by atoms with E-state index in [1.165, 1.54) is 0 Å². The molecule has 1 fully saturated rings. The van der Waals surface area contributed by atoms with Crippen molar-refractivity contribution >= 4 is 21.8 Å². The zero-order valence-electron chi connectivity index (χ0n) is 11.1. The molecule has 0 aliphatic carbocycles. The summed E-state index contributed by atoms with van der Waals surface area (Å²) in [6.45, 7) is 3.37. The maximum absolute atomic E-state index is 12.3. The third-order valence-corrected chi connectivity index (χ3v) is 6.19. The topological polar surface area (TPSA) is 79.5 Å². The van der Waals surface area contributed by atoms with E-state index in [1.807, 2.05) is 11.8 Å². The van der Waals surface area contributed by atoms with E-state index < -0.39 is 10.0 Å². The molecule has 1 aliphatic heterocycles. The average Bonchev–Trinajstić information content (AvgIpc) is 2.94. The minimum atomic E-state index is -3.61. The van der Waals surface area contributed by atoms with Crippen molar-refractivity contribution in [2.75, 3.05) is 18.1 Å². The highest BCUT2D eigenvalue weighted by atomic mass is 32.2. The molecule has 19 heavy (non-hydrogen) atoms. The van der Waals surface area contributed by atoms with Gasteiger partial charge in [0.2, 0.25) is 10.0 Å². The van der Waals surface area contributed by atoms with E-state index in [0.29, 0.717) is 29.5 Å². The van der Waals surface area contributed by atoms with E-state index in [1.54, 1.807) is 13.8 Å². The van der Waals surface area contributed by atoms with Crippen molar-refractivity contribution in [3.05, 3.63) is 17.1 Å². The summed E-state index contributed by atoms with van der Waals surface area (Å²) in [7, 11) is -3.61. The van der Waals surface area contributed by atoms with Gasteiger partial charge in [-0.15, -0.1) is 0 Å². The molecule has 2 N–H and O–H groups in total. The molecule has 1 atom stereocenters.